The molecule has 3 aromatic rings. The van der Waals surface area contributed by atoms with E-state index < -0.39 is 11.9 Å². The second-order valence-electron chi connectivity index (χ2n) is 8.83. The van der Waals surface area contributed by atoms with E-state index in [1.165, 1.54) is 5.56 Å². The van der Waals surface area contributed by atoms with Gasteiger partial charge < -0.3 is 14.6 Å². The van der Waals surface area contributed by atoms with Gasteiger partial charge in [0, 0.05) is 46.8 Å². The normalized spacial score (nSPS) is 14.0. The van der Waals surface area contributed by atoms with Gasteiger partial charge in [0.1, 0.15) is 0 Å². The molecule has 1 amide bonds. The first-order valence-electron chi connectivity index (χ1n) is 11.4. The Bertz CT molecular complexity index is 1180. The summed E-state index contributed by atoms with van der Waals surface area (Å²) in [6.45, 7) is 0.516. The number of aryl methyl sites for hydroxylation is 2. The second kappa shape index (κ2) is 10.2. The highest BCUT2D eigenvalue weighted by Gasteiger charge is 2.37. The summed E-state index contributed by atoms with van der Waals surface area (Å²) >= 11 is 12.3. The Morgan fingerprint density at radius 3 is 2.36 bits per heavy atom. The number of aromatic nitrogens is 1. The van der Waals surface area contributed by atoms with Crippen LogP contribution in [-0.4, -0.2) is 39.5 Å². The summed E-state index contributed by atoms with van der Waals surface area (Å²) in [6, 6.07) is 13.6. The first-order chi connectivity index (χ1) is 15.8. The molecule has 1 N–H and O–H groups in total. The predicted molar refractivity (Wildman–Crippen MR) is 132 cm³/mol. The first kappa shape index (κ1) is 23.7. The third-order valence-electron chi connectivity index (χ3n) is 6.53. The highest BCUT2D eigenvalue weighted by molar-refractivity contribution is 6.31. The van der Waals surface area contributed by atoms with Crippen LogP contribution in [0.2, 0.25) is 10.0 Å². The van der Waals surface area contributed by atoms with Crippen LogP contribution < -0.4 is 0 Å². The van der Waals surface area contributed by atoms with E-state index in [-0.39, 0.29) is 19.0 Å². The SMILES string of the molecule is Cn1c(CCCCCCc2cccc(Cl)c2)c(C(=O)N2CC(C(=O)O)C2)c2cc(Cl)ccc21. The molecular formula is C26H28Cl2N2O3. The Balaban J connectivity index is 1.43. The number of hydrogen-bond donors (Lipinski definition) is 1. The Morgan fingerprint density at radius 1 is 0.970 bits per heavy atom. The van der Waals surface area contributed by atoms with Crippen LogP contribution in [0.15, 0.2) is 42.5 Å². The quantitative estimate of drug-likeness (QED) is 0.378. The summed E-state index contributed by atoms with van der Waals surface area (Å²) in [7, 11) is 1.98. The van der Waals surface area contributed by atoms with E-state index in [9.17, 15) is 14.7 Å². The summed E-state index contributed by atoms with van der Waals surface area (Å²) in [5.41, 5.74) is 3.88. The lowest BCUT2D eigenvalue weighted by Crippen LogP contribution is -2.53. The summed E-state index contributed by atoms with van der Waals surface area (Å²) in [5.74, 6) is -1.43. The fraction of sp³-hybridized carbons (Fsp3) is 0.385. The number of carbonyl (C=O) groups excluding carboxylic acids is 1. The van der Waals surface area contributed by atoms with Gasteiger partial charge in [-0.25, -0.2) is 0 Å². The van der Waals surface area contributed by atoms with Gasteiger partial charge in [0.25, 0.3) is 5.91 Å². The monoisotopic (exact) mass is 486 g/mol. The Kier molecular flexibility index (Phi) is 7.30. The van der Waals surface area contributed by atoms with Crippen molar-refractivity contribution in [3.05, 3.63) is 69.3 Å². The van der Waals surface area contributed by atoms with Crippen LogP contribution in [0.5, 0.6) is 0 Å². The molecule has 1 aliphatic rings. The van der Waals surface area contributed by atoms with Crippen molar-refractivity contribution in [2.45, 2.75) is 38.5 Å². The van der Waals surface area contributed by atoms with Gasteiger partial charge in [-0.3, -0.25) is 9.59 Å². The molecule has 0 spiro atoms. The minimum Gasteiger partial charge on any atom is -0.481 e. The number of carboxylic acids is 1. The van der Waals surface area contributed by atoms with E-state index in [2.05, 4.69) is 10.6 Å². The van der Waals surface area contributed by atoms with Gasteiger partial charge in [0.05, 0.1) is 11.5 Å². The number of unbranched alkanes of at least 4 members (excludes halogenated alkanes) is 3. The number of amides is 1. The average Bonchev–Trinajstić information content (AvgIpc) is 3.00. The molecule has 5 nitrogen and oxygen atoms in total. The molecule has 1 saturated heterocycles. The fourth-order valence-electron chi connectivity index (χ4n) is 4.63. The molecule has 2 heterocycles. The number of hydrogen-bond acceptors (Lipinski definition) is 2. The van der Waals surface area contributed by atoms with Gasteiger partial charge in [-0.15, -0.1) is 0 Å². The van der Waals surface area contributed by atoms with Crippen molar-refractivity contribution in [1.29, 1.82) is 0 Å². The van der Waals surface area contributed by atoms with Gasteiger partial charge >= 0.3 is 5.97 Å². The Hall–Kier alpha value is -2.50. The van der Waals surface area contributed by atoms with Gasteiger partial charge in [-0.1, -0.05) is 48.2 Å². The summed E-state index contributed by atoms with van der Waals surface area (Å²) in [4.78, 5) is 26.2. The number of carbonyl (C=O) groups is 2. The number of aliphatic carboxylic acids is 1. The Morgan fingerprint density at radius 2 is 1.67 bits per heavy atom. The minimum atomic E-state index is -0.849. The number of nitrogens with zero attached hydrogens (tertiary/aromatic N) is 2. The molecule has 0 aliphatic carbocycles. The van der Waals surface area contributed by atoms with Gasteiger partial charge in [0.2, 0.25) is 0 Å². The molecule has 1 fully saturated rings. The molecule has 1 aromatic heterocycles. The van der Waals surface area contributed by atoms with E-state index >= 15 is 0 Å². The second-order valence-corrected chi connectivity index (χ2v) is 9.70. The van der Waals surface area contributed by atoms with Crippen molar-refractivity contribution in [1.82, 2.24) is 9.47 Å². The minimum absolute atomic E-state index is 0.101. The third-order valence-corrected chi connectivity index (χ3v) is 7.00. The van der Waals surface area contributed by atoms with Crippen LogP contribution >= 0.6 is 23.2 Å². The summed E-state index contributed by atoms with van der Waals surface area (Å²) in [5, 5.41) is 11.4. The van der Waals surface area contributed by atoms with E-state index in [0.717, 1.165) is 60.1 Å². The van der Waals surface area contributed by atoms with Gasteiger partial charge in [-0.05, 0) is 61.6 Å². The molecule has 4 rings (SSSR count). The predicted octanol–water partition coefficient (Wildman–Crippen LogP) is 5.99. The average molecular weight is 487 g/mol. The van der Waals surface area contributed by atoms with Crippen LogP contribution in [0.4, 0.5) is 0 Å². The van der Waals surface area contributed by atoms with Crippen molar-refractivity contribution in [3.63, 3.8) is 0 Å². The van der Waals surface area contributed by atoms with E-state index in [0.29, 0.717) is 10.6 Å². The molecule has 7 heteroatoms. The highest BCUT2D eigenvalue weighted by Crippen LogP contribution is 2.32. The highest BCUT2D eigenvalue weighted by atomic mass is 35.5. The van der Waals surface area contributed by atoms with Crippen molar-refractivity contribution in [2.24, 2.45) is 13.0 Å². The first-order valence-corrected chi connectivity index (χ1v) is 12.1. The summed E-state index contributed by atoms with van der Waals surface area (Å²) in [6.07, 6.45) is 6.06. The zero-order valence-electron chi connectivity index (χ0n) is 18.7. The molecule has 0 saturated carbocycles. The molecule has 33 heavy (non-hydrogen) atoms. The number of rotatable bonds is 9. The van der Waals surface area contributed by atoms with E-state index in [1.54, 1.807) is 4.90 Å². The lowest BCUT2D eigenvalue weighted by atomic mass is 9.97. The number of likely N-dealkylation sites (tertiary alicyclic amines) is 1. The van der Waals surface area contributed by atoms with Crippen LogP contribution in [0.25, 0.3) is 10.9 Å². The van der Waals surface area contributed by atoms with E-state index in [1.807, 2.05) is 43.4 Å². The maximum atomic E-state index is 13.3. The van der Waals surface area contributed by atoms with Crippen LogP contribution in [0.3, 0.4) is 0 Å². The Labute approximate surface area is 203 Å². The summed E-state index contributed by atoms with van der Waals surface area (Å²) < 4.78 is 2.08. The van der Waals surface area contributed by atoms with Crippen molar-refractivity contribution in [2.75, 3.05) is 13.1 Å². The lowest BCUT2D eigenvalue weighted by molar-refractivity contribution is -0.146. The lowest BCUT2D eigenvalue weighted by Gasteiger charge is -2.36. The smallest absolute Gasteiger partial charge is 0.310 e. The van der Waals surface area contributed by atoms with E-state index in [4.69, 9.17) is 23.2 Å². The number of fused-ring (bicyclic) bond motifs is 1. The number of benzene rings is 2. The zero-order valence-corrected chi connectivity index (χ0v) is 20.2. The van der Waals surface area contributed by atoms with Crippen LogP contribution in [-0.2, 0) is 24.7 Å². The molecule has 0 radical (unpaired) electrons. The number of carboxylic acid groups (broad SMARTS) is 1. The maximum absolute atomic E-state index is 13.3. The molecule has 174 valence electrons. The van der Waals surface area contributed by atoms with Crippen molar-refractivity contribution in [3.8, 4) is 0 Å². The van der Waals surface area contributed by atoms with Gasteiger partial charge in [-0.2, -0.15) is 0 Å². The fourth-order valence-corrected chi connectivity index (χ4v) is 5.01. The van der Waals surface area contributed by atoms with Crippen molar-refractivity contribution >= 4 is 46.0 Å². The third kappa shape index (κ3) is 5.20. The molecular weight excluding hydrogens is 459 g/mol. The molecule has 0 atom stereocenters. The standard InChI is InChI=1S/C26H28Cl2N2O3/c1-29-22-12-11-20(28)14-21(22)24(25(31)30-15-18(16-30)26(32)33)23(29)10-5-3-2-4-7-17-8-6-9-19(27)13-17/h6,8-9,11-14,18H,2-5,7,10,15-16H2,1H3,(H,32,33). The van der Waals surface area contributed by atoms with Crippen molar-refractivity contribution < 1.29 is 14.7 Å². The molecule has 0 bridgehead atoms. The number of halogens is 2. The zero-order chi connectivity index (χ0) is 23.5. The molecule has 0 unspecified atom stereocenters. The molecule has 1 aliphatic heterocycles. The van der Waals surface area contributed by atoms with Crippen LogP contribution in [0.1, 0.15) is 47.3 Å². The van der Waals surface area contributed by atoms with Gasteiger partial charge in [0.15, 0.2) is 0 Å². The maximum Gasteiger partial charge on any atom is 0.310 e. The largest absolute Gasteiger partial charge is 0.481 e. The topological polar surface area (TPSA) is 62.5 Å². The molecule has 2 aromatic carbocycles. The van der Waals surface area contributed by atoms with Crippen LogP contribution in [0, 0.1) is 5.92 Å².